The lowest BCUT2D eigenvalue weighted by Gasteiger charge is -2.30. The molecule has 1 saturated heterocycles. The summed E-state index contributed by atoms with van der Waals surface area (Å²) >= 11 is 0. The number of carbonyl (C=O) groups excluding carboxylic acids is 1. The molecule has 0 radical (unpaired) electrons. The van der Waals surface area contributed by atoms with Crippen LogP contribution in [0.5, 0.6) is 0 Å². The molecule has 0 unspecified atom stereocenters. The first-order valence-electron chi connectivity index (χ1n) is 6.74. The van der Waals surface area contributed by atoms with Gasteiger partial charge in [0.2, 0.25) is 0 Å². The largest absolute Gasteiger partial charge is 0.394 e. The van der Waals surface area contributed by atoms with Crippen LogP contribution < -0.4 is 10.2 Å². The van der Waals surface area contributed by atoms with Crippen LogP contribution in [0, 0.1) is 0 Å². The van der Waals surface area contributed by atoms with Crippen LogP contribution in [-0.4, -0.2) is 54.4 Å². The first-order valence-corrected chi connectivity index (χ1v) is 6.74. The first-order chi connectivity index (χ1) is 9.53. The fraction of sp³-hybridized carbons (Fsp3) is 0.571. The van der Waals surface area contributed by atoms with Crippen LogP contribution >= 0.6 is 0 Å². The molecular formula is C14H21N3O3. The van der Waals surface area contributed by atoms with E-state index in [1.165, 1.54) is 0 Å². The highest BCUT2D eigenvalue weighted by atomic mass is 16.5. The number of hydrogen-bond donors (Lipinski definition) is 2. The second kappa shape index (κ2) is 6.19. The molecule has 1 aromatic rings. The van der Waals surface area contributed by atoms with Gasteiger partial charge in [0.25, 0.3) is 5.91 Å². The van der Waals surface area contributed by atoms with Gasteiger partial charge in [-0.05, 0) is 26.0 Å². The molecule has 2 rings (SSSR count). The van der Waals surface area contributed by atoms with Crippen molar-refractivity contribution in [3.8, 4) is 0 Å². The van der Waals surface area contributed by atoms with Crippen molar-refractivity contribution in [2.45, 2.75) is 19.4 Å². The Hall–Kier alpha value is -1.66. The Bertz CT molecular complexity index is 470. The first kappa shape index (κ1) is 14.7. The van der Waals surface area contributed by atoms with Crippen molar-refractivity contribution >= 4 is 11.7 Å². The standard InChI is InChI=1S/C14H21N3O3/c1-14(2,10-18)16-13(19)11-4-3-5-15-12(11)17-6-8-20-9-7-17/h3-5,18H,6-10H2,1-2H3,(H,16,19). The van der Waals surface area contributed by atoms with Gasteiger partial charge in [0, 0.05) is 19.3 Å². The molecule has 110 valence electrons. The maximum atomic E-state index is 12.4. The number of morpholine rings is 1. The van der Waals surface area contributed by atoms with Crippen molar-refractivity contribution in [3.05, 3.63) is 23.9 Å². The second-order valence-electron chi connectivity index (χ2n) is 5.47. The minimum Gasteiger partial charge on any atom is -0.394 e. The Morgan fingerprint density at radius 1 is 1.50 bits per heavy atom. The summed E-state index contributed by atoms with van der Waals surface area (Å²) in [5.74, 6) is 0.445. The molecule has 1 aliphatic rings. The number of aromatic nitrogens is 1. The Morgan fingerprint density at radius 2 is 2.20 bits per heavy atom. The fourth-order valence-electron chi connectivity index (χ4n) is 2.02. The van der Waals surface area contributed by atoms with Gasteiger partial charge in [0.05, 0.1) is 30.9 Å². The molecule has 1 fully saturated rings. The summed E-state index contributed by atoms with van der Waals surface area (Å²) in [6.07, 6.45) is 1.68. The van der Waals surface area contributed by atoms with Crippen LogP contribution in [0.1, 0.15) is 24.2 Å². The lowest BCUT2D eigenvalue weighted by Crippen LogP contribution is -2.47. The molecule has 6 heteroatoms. The number of ether oxygens (including phenoxy) is 1. The van der Waals surface area contributed by atoms with Crippen molar-refractivity contribution in [2.75, 3.05) is 37.8 Å². The van der Waals surface area contributed by atoms with E-state index in [-0.39, 0.29) is 12.5 Å². The van der Waals surface area contributed by atoms with Crippen molar-refractivity contribution in [1.29, 1.82) is 0 Å². The van der Waals surface area contributed by atoms with Gasteiger partial charge in [-0.25, -0.2) is 4.98 Å². The van der Waals surface area contributed by atoms with Crippen LogP contribution in [0.25, 0.3) is 0 Å². The summed E-state index contributed by atoms with van der Waals surface area (Å²) < 4.78 is 5.32. The van der Waals surface area contributed by atoms with Crippen LogP contribution in [0.15, 0.2) is 18.3 Å². The average Bonchev–Trinajstić information content (AvgIpc) is 2.48. The van der Waals surface area contributed by atoms with Crippen molar-refractivity contribution in [1.82, 2.24) is 10.3 Å². The van der Waals surface area contributed by atoms with Crippen LogP contribution in [0.2, 0.25) is 0 Å². The van der Waals surface area contributed by atoms with E-state index in [1.807, 2.05) is 4.90 Å². The number of amides is 1. The van der Waals surface area contributed by atoms with Gasteiger partial charge >= 0.3 is 0 Å². The maximum absolute atomic E-state index is 12.4. The number of nitrogens with one attached hydrogen (secondary N) is 1. The predicted molar refractivity (Wildman–Crippen MR) is 75.9 cm³/mol. The van der Waals surface area contributed by atoms with Crippen molar-refractivity contribution in [2.24, 2.45) is 0 Å². The van der Waals surface area contributed by atoms with Gasteiger partial charge in [-0.3, -0.25) is 4.79 Å². The molecule has 0 saturated carbocycles. The van der Waals surface area contributed by atoms with E-state index >= 15 is 0 Å². The van der Waals surface area contributed by atoms with Gasteiger partial charge in [0.1, 0.15) is 5.82 Å². The number of nitrogens with zero attached hydrogens (tertiary/aromatic N) is 2. The molecule has 0 spiro atoms. The van der Waals surface area contributed by atoms with E-state index in [2.05, 4.69) is 10.3 Å². The summed E-state index contributed by atoms with van der Waals surface area (Å²) in [6, 6.07) is 3.49. The summed E-state index contributed by atoms with van der Waals surface area (Å²) in [5.41, 5.74) is -0.134. The number of aliphatic hydroxyl groups is 1. The summed E-state index contributed by atoms with van der Waals surface area (Å²) in [7, 11) is 0. The Balaban J connectivity index is 2.20. The molecule has 1 aliphatic heterocycles. The fourth-order valence-corrected chi connectivity index (χ4v) is 2.02. The number of hydrogen-bond acceptors (Lipinski definition) is 5. The molecular weight excluding hydrogens is 258 g/mol. The molecule has 2 N–H and O–H groups in total. The molecule has 0 atom stereocenters. The number of pyridine rings is 1. The summed E-state index contributed by atoms with van der Waals surface area (Å²) in [6.45, 7) is 6.15. The highest BCUT2D eigenvalue weighted by Crippen LogP contribution is 2.19. The van der Waals surface area contributed by atoms with Crippen LogP contribution in [0.3, 0.4) is 0 Å². The lowest BCUT2D eigenvalue weighted by molar-refractivity contribution is 0.0868. The van der Waals surface area contributed by atoms with Gasteiger partial charge in [-0.15, -0.1) is 0 Å². The van der Waals surface area contributed by atoms with Crippen LogP contribution in [-0.2, 0) is 4.74 Å². The highest BCUT2D eigenvalue weighted by molar-refractivity contribution is 5.99. The van der Waals surface area contributed by atoms with E-state index < -0.39 is 5.54 Å². The smallest absolute Gasteiger partial charge is 0.255 e. The Morgan fingerprint density at radius 3 is 2.85 bits per heavy atom. The number of aliphatic hydroxyl groups excluding tert-OH is 1. The van der Waals surface area contributed by atoms with Gasteiger partial charge in [-0.2, -0.15) is 0 Å². The molecule has 6 nitrogen and oxygen atoms in total. The van der Waals surface area contributed by atoms with Crippen molar-refractivity contribution < 1.29 is 14.6 Å². The van der Waals surface area contributed by atoms with Crippen molar-refractivity contribution in [3.63, 3.8) is 0 Å². The third-order valence-corrected chi connectivity index (χ3v) is 3.19. The van der Waals surface area contributed by atoms with E-state index in [1.54, 1.807) is 32.2 Å². The lowest BCUT2D eigenvalue weighted by atomic mass is 10.1. The predicted octanol–water partition coefficient (Wildman–Crippen LogP) is 0.419. The molecule has 1 aromatic heterocycles. The second-order valence-corrected chi connectivity index (χ2v) is 5.47. The normalized spacial score (nSPS) is 16.1. The maximum Gasteiger partial charge on any atom is 0.255 e. The van der Waals surface area contributed by atoms with Gasteiger partial charge < -0.3 is 20.1 Å². The van der Waals surface area contributed by atoms with Gasteiger partial charge in [0.15, 0.2) is 0 Å². The Labute approximate surface area is 118 Å². The minimum absolute atomic E-state index is 0.119. The van der Waals surface area contributed by atoms with Crippen LogP contribution in [0.4, 0.5) is 5.82 Å². The Kier molecular flexibility index (Phi) is 4.57. The molecule has 1 amide bonds. The van der Waals surface area contributed by atoms with Gasteiger partial charge in [-0.1, -0.05) is 0 Å². The molecule has 20 heavy (non-hydrogen) atoms. The summed E-state index contributed by atoms with van der Waals surface area (Å²) in [4.78, 5) is 18.7. The minimum atomic E-state index is -0.658. The number of anilines is 1. The zero-order valence-corrected chi connectivity index (χ0v) is 11.9. The van der Waals surface area contributed by atoms with E-state index in [4.69, 9.17) is 4.74 Å². The molecule has 2 heterocycles. The molecule has 0 bridgehead atoms. The number of rotatable bonds is 4. The SMILES string of the molecule is CC(C)(CO)NC(=O)c1cccnc1N1CCOCC1. The third kappa shape index (κ3) is 3.46. The molecule has 0 aliphatic carbocycles. The number of carbonyl (C=O) groups is 1. The quantitative estimate of drug-likeness (QED) is 0.835. The highest BCUT2D eigenvalue weighted by Gasteiger charge is 2.24. The van der Waals surface area contributed by atoms with E-state index in [0.29, 0.717) is 24.6 Å². The topological polar surface area (TPSA) is 74.7 Å². The zero-order valence-electron chi connectivity index (χ0n) is 11.9. The third-order valence-electron chi connectivity index (χ3n) is 3.19. The molecule has 0 aromatic carbocycles. The zero-order chi connectivity index (χ0) is 14.6. The van der Waals surface area contributed by atoms with E-state index in [0.717, 1.165) is 13.1 Å². The monoisotopic (exact) mass is 279 g/mol. The average molecular weight is 279 g/mol. The van der Waals surface area contributed by atoms with E-state index in [9.17, 15) is 9.90 Å². The summed E-state index contributed by atoms with van der Waals surface area (Å²) in [5, 5.41) is 12.1.